The minimum atomic E-state index is -1.64. The Hall–Kier alpha value is -0.613. The number of unbranched alkanes of at least 4 members (excludes halogenated alkanes) is 1. The van der Waals surface area contributed by atoms with Gasteiger partial charge in [-0.2, -0.15) is 0 Å². The van der Waals surface area contributed by atoms with E-state index in [0.717, 1.165) is 44.3 Å². The zero-order valence-electron chi connectivity index (χ0n) is 16.0. The number of carbonyl (C=O) groups is 1. The fourth-order valence-electron chi connectivity index (χ4n) is 2.63. The maximum absolute atomic E-state index is 12.1. The molecular formula is C19H37NO2Si. The van der Waals surface area contributed by atoms with Gasteiger partial charge in [-0.25, -0.2) is 0 Å². The average Bonchev–Trinajstić information content (AvgIpc) is 2.46. The Morgan fingerprint density at radius 2 is 1.78 bits per heavy atom. The largest absolute Gasteiger partial charge is 0.417 e. The van der Waals surface area contributed by atoms with Crippen LogP contribution in [-0.4, -0.2) is 26.9 Å². The maximum atomic E-state index is 12.1. The van der Waals surface area contributed by atoms with Gasteiger partial charge in [-0.3, -0.25) is 4.79 Å². The normalized spacial score (nSPS) is 17.1. The van der Waals surface area contributed by atoms with E-state index in [1.165, 1.54) is 19.3 Å². The van der Waals surface area contributed by atoms with Gasteiger partial charge in [0.2, 0.25) is 5.91 Å². The summed E-state index contributed by atoms with van der Waals surface area (Å²) in [5, 5.41) is 3.40. The molecule has 0 aromatic rings. The van der Waals surface area contributed by atoms with Crippen molar-refractivity contribution in [1.82, 2.24) is 5.32 Å². The minimum Gasteiger partial charge on any atom is -0.417 e. The third-order valence-corrected chi connectivity index (χ3v) is 9.94. The lowest BCUT2D eigenvalue weighted by atomic mass is 9.95. The third kappa shape index (κ3) is 7.21. The number of hydrogen-bond donors (Lipinski definition) is 1. The van der Waals surface area contributed by atoms with Crippen molar-refractivity contribution >= 4 is 14.2 Å². The Bertz CT molecular complexity index is 393. The molecule has 0 spiro atoms. The third-order valence-electron chi connectivity index (χ3n) is 5.40. The number of carbonyl (C=O) groups excluding carboxylic acids is 1. The van der Waals surface area contributed by atoms with Crippen LogP contribution in [0.3, 0.4) is 0 Å². The number of amides is 1. The van der Waals surface area contributed by atoms with Gasteiger partial charge < -0.3 is 9.74 Å². The summed E-state index contributed by atoms with van der Waals surface area (Å²) in [5.74, 6) is 0.0576. The van der Waals surface area contributed by atoms with Crippen molar-refractivity contribution in [2.45, 2.75) is 96.3 Å². The summed E-state index contributed by atoms with van der Waals surface area (Å²) < 4.78 is 6.17. The summed E-state index contributed by atoms with van der Waals surface area (Å²) in [6.07, 6.45) is 8.79. The fraction of sp³-hybridized carbons (Fsp3) is 0.842. The van der Waals surface area contributed by atoms with E-state index in [-0.39, 0.29) is 10.9 Å². The molecule has 0 bridgehead atoms. The van der Waals surface area contributed by atoms with Crippen molar-refractivity contribution in [3.8, 4) is 0 Å². The van der Waals surface area contributed by atoms with Crippen LogP contribution in [0.25, 0.3) is 0 Å². The van der Waals surface area contributed by atoms with E-state index in [9.17, 15) is 4.79 Å². The van der Waals surface area contributed by atoms with Gasteiger partial charge in [0.15, 0.2) is 8.32 Å². The first-order valence-corrected chi connectivity index (χ1v) is 12.2. The van der Waals surface area contributed by atoms with Crippen LogP contribution in [0.2, 0.25) is 18.1 Å². The quantitative estimate of drug-likeness (QED) is 0.376. The zero-order valence-corrected chi connectivity index (χ0v) is 17.0. The van der Waals surface area contributed by atoms with Crippen LogP contribution in [0.4, 0.5) is 0 Å². The molecule has 1 N–H and O–H groups in total. The molecule has 1 aliphatic rings. The molecule has 0 atom stereocenters. The lowest BCUT2D eigenvalue weighted by Crippen LogP contribution is -2.41. The minimum absolute atomic E-state index is 0.0576. The highest BCUT2D eigenvalue weighted by Gasteiger charge is 2.36. The van der Waals surface area contributed by atoms with E-state index in [1.54, 1.807) is 0 Å². The molecule has 0 aromatic carbocycles. The second-order valence-corrected chi connectivity index (χ2v) is 13.3. The molecule has 23 heavy (non-hydrogen) atoms. The van der Waals surface area contributed by atoms with E-state index < -0.39 is 8.32 Å². The van der Waals surface area contributed by atoms with Gasteiger partial charge in [-0.05, 0) is 50.2 Å². The molecule has 0 aromatic heterocycles. The van der Waals surface area contributed by atoms with Crippen LogP contribution in [0.15, 0.2) is 12.2 Å². The monoisotopic (exact) mass is 339 g/mol. The van der Waals surface area contributed by atoms with Crippen molar-refractivity contribution in [3.05, 3.63) is 12.2 Å². The molecule has 4 heteroatoms. The Balaban J connectivity index is 2.17. The number of hydrogen-bond acceptors (Lipinski definition) is 2. The highest BCUT2D eigenvalue weighted by Crippen LogP contribution is 2.36. The van der Waals surface area contributed by atoms with Gasteiger partial charge in [0.05, 0.1) is 0 Å². The molecule has 0 saturated heterocycles. The van der Waals surface area contributed by atoms with Crippen LogP contribution < -0.4 is 5.32 Å². The molecule has 1 saturated carbocycles. The van der Waals surface area contributed by atoms with Gasteiger partial charge >= 0.3 is 0 Å². The molecule has 1 amide bonds. The lowest BCUT2D eigenvalue weighted by Gasteiger charge is -2.36. The first kappa shape index (κ1) is 20.4. The molecule has 0 radical (unpaired) electrons. The van der Waals surface area contributed by atoms with Gasteiger partial charge in [-0.15, -0.1) is 0 Å². The van der Waals surface area contributed by atoms with Gasteiger partial charge in [0.1, 0.15) is 0 Å². The maximum Gasteiger partial charge on any atom is 0.246 e. The Labute approximate surface area is 144 Å². The summed E-state index contributed by atoms with van der Waals surface area (Å²) in [7, 11) is -1.64. The Morgan fingerprint density at radius 3 is 2.35 bits per heavy atom. The SMILES string of the molecule is C=C(CCCCO[Si](C)(C)C(C)(C)C)C(=O)NC1CCCCC1. The summed E-state index contributed by atoms with van der Waals surface area (Å²) in [6.45, 7) is 16.1. The molecule has 3 nitrogen and oxygen atoms in total. The van der Waals surface area contributed by atoms with Crippen molar-refractivity contribution in [1.29, 1.82) is 0 Å². The smallest absolute Gasteiger partial charge is 0.246 e. The molecule has 1 aliphatic carbocycles. The summed E-state index contributed by atoms with van der Waals surface area (Å²) >= 11 is 0. The van der Waals surface area contributed by atoms with Crippen molar-refractivity contribution in [2.75, 3.05) is 6.61 Å². The lowest BCUT2D eigenvalue weighted by molar-refractivity contribution is -0.118. The van der Waals surface area contributed by atoms with Crippen LogP contribution in [0, 0.1) is 0 Å². The van der Waals surface area contributed by atoms with Crippen molar-refractivity contribution < 1.29 is 9.22 Å². The van der Waals surface area contributed by atoms with E-state index in [2.05, 4.69) is 45.8 Å². The summed E-state index contributed by atoms with van der Waals surface area (Å²) in [4.78, 5) is 12.1. The molecule has 134 valence electrons. The van der Waals surface area contributed by atoms with Crippen molar-refractivity contribution in [2.24, 2.45) is 0 Å². The topological polar surface area (TPSA) is 38.3 Å². The van der Waals surface area contributed by atoms with Crippen LogP contribution in [0.1, 0.15) is 72.1 Å². The predicted molar refractivity (Wildman–Crippen MR) is 101 cm³/mol. The Kier molecular flexibility index (Phi) is 8.02. The summed E-state index contributed by atoms with van der Waals surface area (Å²) in [5.41, 5.74) is 0.725. The van der Waals surface area contributed by atoms with E-state index in [0.29, 0.717) is 6.04 Å². The molecular weight excluding hydrogens is 302 g/mol. The molecule has 0 unspecified atom stereocenters. The van der Waals surface area contributed by atoms with Crippen LogP contribution in [-0.2, 0) is 9.22 Å². The van der Waals surface area contributed by atoms with Crippen LogP contribution in [0.5, 0.6) is 0 Å². The van der Waals surface area contributed by atoms with E-state index in [1.807, 2.05) is 0 Å². The second kappa shape index (κ2) is 9.02. The standard InChI is InChI=1S/C19H37NO2Si/c1-16(18(21)20-17-13-8-7-9-14-17)12-10-11-15-22-23(5,6)19(2,3)4/h17H,1,7-15H2,2-6H3,(H,20,21). The van der Waals surface area contributed by atoms with E-state index >= 15 is 0 Å². The molecule has 0 heterocycles. The number of nitrogens with one attached hydrogen (secondary N) is 1. The highest BCUT2D eigenvalue weighted by atomic mass is 28.4. The van der Waals surface area contributed by atoms with Crippen molar-refractivity contribution in [3.63, 3.8) is 0 Å². The fourth-order valence-corrected chi connectivity index (χ4v) is 3.72. The zero-order chi connectivity index (χ0) is 17.5. The van der Waals surface area contributed by atoms with Crippen LogP contribution >= 0.6 is 0 Å². The first-order chi connectivity index (χ1) is 10.6. The Morgan fingerprint density at radius 1 is 1.17 bits per heavy atom. The first-order valence-electron chi connectivity index (χ1n) is 9.26. The summed E-state index contributed by atoms with van der Waals surface area (Å²) in [6, 6.07) is 0.370. The molecule has 1 fully saturated rings. The van der Waals surface area contributed by atoms with E-state index in [4.69, 9.17) is 4.43 Å². The molecule has 1 rings (SSSR count). The van der Waals surface area contributed by atoms with Gasteiger partial charge in [0, 0.05) is 18.2 Å². The second-order valence-electron chi connectivity index (χ2n) is 8.48. The predicted octanol–water partition coefficient (Wildman–Crippen LogP) is 5.18. The van der Waals surface area contributed by atoms with Gasteiger partial charge in [0.25, 0.3) is 0 Å². The highest BCUT2D eigenvalue weighted by molar-refractivity contribution is 6.74. The number of rotatable bonds is 8. The van der Waals surface area contributed by atoms with Gasteiger partial charge in [-0.1, -0.05) is 46.6 Å². The average molecular weight is 340 g/mol. The molecule has 0 aliphatic heterocycles.